The predicted octanol–water partition coefficient (Wildman–Crippen LogP) is 1.70. The lowest BCUT2D eigenvalue weighted by Crippen LogP contribution is -2.04. The minimum Gasteiger partial charge on any atom is -0.396 e. The summed E-state index contributed by atoms with van der Waals surface area (Å²) in [5, 5.41) is 12.0. The summed E-state index contributed by atoms with van der Waals surface area (Å²) in [5.74, 6) is 0.553. The monoisotopic (exact) mass is 208 g/mol. The van der Waals surface area contributed by atoms with E-state index in [2.05, 4.69) is 16.9 Å². The molecule has 0 saturated carbocycles. The first-order valence-electron chi connectivity index (χ1n) is 3.87. The van der Waals surface area contributed by atoms with E-state index in [4.69, 9.17) is 22.6 Å². The maximum Gasteiger partial charge on any atom is 0.165 e. The van der Waals surface area contributed by atoms with Crippen molar-refractivity contribution in [1.82, 2.24) is 4.98 Å². The SMILES string of the molecule is C=C(Cl)CNc1ccc(N)c(C#N)n1. The number of nitrogens with one attached hydrogen (secondary N) is 1. The molecule has 0 saturated heterocycles. The molecule has 0 unspecified atom stereocenters. The average molecular weight is 209 g/mol. The van der Waals surface area contributed by atoms with E-state index < -0.39 is 0 Å². The molecule has 0 amide bonds. The lowest BCUT2D eigenvalue weighted by Gasteiger charge is -2.04. The summed E-state index contributed by atoms with van der Waals surface area (Å²) >= 11 is 5.56. The van der Waals surface area contributed by atoms with Gasteiger partial charge in [-0.05, 0) is 12.1 Å². The number of hydrogen-bond acceptors (Lipinski definition) is 4. The second-order valence-corrected chi connectivity index (χ2v) is 3.15. The fourth-order valence-electron chi connectivity index (χ4n) is 0.844. The van der Waals surface area contributed by atoms with Crippen LogP contribution in [0.25, 0.3) is 0 Å². The second-order valence-electron chi connectivity index (χ2n) is 2.62. The number of nitrogens with two attached hydrogens (primary N) is 1. The molecule has 5 heteroatoms. The van der Waals surface area contributed by atoms with E-state index in [1.54, 1.807) is 12.1 Å². The summed E-state index contributed by atoms with van der Waals surface area (Å²) in [5.41, 5.74) is 6.07. The molecule has 4 nitrogen and oxygen atoms in total. The largest absolute Gasteiger partial charge is 0.396 e. The Morgan fingerprint density at radius 3 is 3.00 bits per heavy atom. The Labute approximate surface area is 87.0 Å². The molecule has 0 radical (unpaired) electrons. The molecule has 0 aromatic carbocycles. The zero-order valence-corrected chi connectivity index (χ0v) is 8.17. The molecule has 3 N–H and O–H groups in total. The third-order valence-electron chi connectivity index (χ3n) is 1.49. The highest BCUT2D eigenvalue weighted by molar-refractivity contribution is 6.29. The highest BCUT2D eigenvalue weighted by atomic mass is 35.5. The summed E-state index contributed by atoms with van der Waals surface area (Å²) < 4.78 is 0. The maximum absolute atomic E-state index is 8.66. The molecule has 0 aliphatic heterocycles. The van der Waals surface area contributed by atoms with E-state index in [0.29, 0.717) is 23.1 Å². The van der Waals surface area contributed by atoms with Crippen LogP contribution in [0.3, 0.4) is 0 Å². The van der Waals surface area contributed by atoms with Crippen molar-refractivity contribution in [2.24, 2.45) is 0 Å². The Morgan fingerprint density at radius 2 is 2.43 bits per heavy atom. The van der Waals surface area contributed by atoms with E-state index in [-0.39, 0.29) is 5.69 Å². The van der Waals surface area contributed by atoms with Gasteiger partial charge in [0.1, 0.15) is 11.9 Å². The van der Waals surface area contributed by atoms with Crippen LogP contribution in [0.2, 0.25) is 0 Å². The molecule has 0 fully saturated rings. The van der Waals surface area contributed by atoms with Crippen LogP contribution >= 0.6 is 11.6 Å². The minimum atomic E-state index is 0.204. The fraction of sp³-hybridized carbons (Fsp3) is 0.111. The number of aromatic nitrogens is 1. The summed E-state index contributed by atoms with van der Waals surface area (Å²) in [7, 11) is 0. The highest BCUT2D eigenvalue weighted by Crippen LogP contribution is 2.12. The fourth-order valence-corrected chi connectivity index (χ4v) is 0.911. The van der Waals surface area contributed by atoms with Crippen LogP contribution in [0.5, 0.6) is 0 Å². The Hall–Kier alpha value is -1.73. The minimum absolute atomic E-state index is 0.204. The molecule has 0 bridgehead atoms. The number of pyridine rings is 1. The molecule has 1 rings (SSSR count). The lowest BCUT2D eigenvalue weighted by atomic mass is 10.3. The molecule has 14 heavy (non-hydrogen) atoms. The van der Waals surface area contributed by atoms with Gasteiger partial charge in [-0.25, -0.2) is 4.98 Å². The quantitative estimate of drug-likeness (QED) is 0.793. The van der Waals surface area contributed by atoms with Gasteiger partial charge in [0.25, 0.3) is 0 Å². The van der Waals surface area contributed by atoms with Crippen molar-refractivity contribution in [3.8, 4) is 6.07 Å². The van der Waals surface area contributed by atoms with Crippen LogP contribution in [0.1, 0.15) is 5.69 Å². The van der Waals surface area contributed by atoms with Gasteiger partial charge in [-0.15, -0.1) is 0 Å². The molecule has 0 atom stereocenters. The highest BCUT2D eigenvalue weighted by Gasteiger charge is 2.01. The van der Waals surface area contributed by atoms with Crippen molar-refractivity contribution in [1.29, 1.82) is 5.26 Å². The van der Waals surface area contributed by atoms with E-state index in [1.807, 2.05) is 6.07 Å². The topological polar surface area (TPSA) is 74.7 Å². The first kappa shape index (κ1) is 10.4. The van der Waals surface area contributed by atoms with Gasteiger partial charge in [0.2, 0.25) is 0 Å². The van der Waals surface area contributed by atoms with Crippen molar-refractivity contribution in [2.45, 2.75) is 0 Å². The van der Waals surface area contributed by atoms with E-state index in [0.717, 1.165) is 0 Å². The van der Waals surface area contributed by atoms with Crippen molar-refractivity contribution < 1.29 is 0 Å². The van der Waals surface area contributed by atoms with Crippen molar-refractivity contribution >= 4 is 23.1 Å². The van der Waals surface area contributed by atoms with Gasteiger partial charge in [0.15, 0.2) is 5.69 Å². The van der Waals surface area contributed by atoms with Crippen LogP contribution < -0.4 is 11.1 Å². The third kappa shape index (κ3) is 2.64. The molecule has 1 heterocycles. The maximum atomic E-state index is 8.66. The van der Waals surface area contributed by atoms with Gasteiger partial charge >= 0.3 is 0 Å². The molecule has 1 aromatic rings. The van der Waals surface area contributed by atoms with Gasteiger partial charge in [-0.1, -0.05) is 18.2 Å². The molecular weight excluding hydrogens is 200 g/mol. The standard InChI is InChI=1S/C9H9ClN4/c1-6(10)5-13-9-3-2-7(12)8(4-11)14-9/h2-3H,1,5,12H2,(H,13,14). The number of halogens is 1. The van der Waals surface area contributed by atoms with E-state index >= 15 is 0 Å². The van der Waals surface area contributed by atoms with Gasteiger partial charge in [0, 0.05) is 5.03 Å². The summed E-state index contributed by atoms with van der Waals surface area (Å²) in [6, 6.07) is 5.18. The molecular formula is C9H9ClN4. The van der Waals surface area contributed by atoms with Gasteiger partial charge in [-0.3, -0.25) is 0 Å². The number of nitrogen functional groups attached to an aromatic ring is 1. The Kier molecular flexibility index (Phi) is 3.32. The summed E-state index contributed by atoms with van der Waals surface area (Å²) in [6.07, 6.45) is 0. The van der Waals surface area contributed by atoms with Crippen LogP contribution in [0, 0.1) is 11.3 Å². The zero-order chi connectivity index (χ0) is 10.6. The number of nitrogens with zero attached hydrogens (tertiary/aromatic N) is 2. The first-order chi connectivity index (χ1) is 6.63. The summed E-state index contributed by atoms with van der Waals surface area (Å²) in [4.78, 5) is 3.97. The Balaban J connectivity index is 2.80. The second kappa shape index (κ2) is 4.49. The van der Waals surface area contributed by atoms with Crippen molar-refractivity contribution in [2.75, 3.05) is 17.6 Å². The van der Waals surface area contributed by atoms with Gasteiger partial charge in [-0.2, -0.15) is 5.26 Å². The molecule has 0 aliphatic rings. The normalized spacial score (nSPS) is 9.14. The molecule has 0 spiro atoms. The average Bonchev–Trinajstić information content (AvgIpc) is 2.16. The Morgan fingerprint density at radius 1 is 1.71 bits per heavy atom. The van der Waals surface area contributed by atoms with Crippen LogP contribution in [-0.4, -0.2) is 11.5 Å². The summed E-state index contributed by atoms with van der Waals surface area (Å²) in [6.45, 7) is 3.92. The van der Waals surface area contributed by atoms with Crippen LogP contribution in [-0.2, 0) is 0 Å². The Bertz CT molecular complexity index is 394. The van der Waals surface area contributed by atoms with Gasteiger partial charge in [0.05, 0.1) is 12.2 Å². The lowest BCUT2D eigenvalue weighted by molar-refractivity contribution is 1.20. The van der Waals surface area contributed by atoms with Crippen LogP contribution in [0.15, 0.2) is 23.7 Å². The first-order valence-corrected chi connectivity index (χ1v) is 4.25. The number of nitriles is 1. The zero-order valence-electron chi connectivity index (χ0n) is 7.42. The molecule has 1 aromatic heterocycles. The molecule has 72 valence electrons. The number of hydrogen-bond donors (Lipinski definition) is 2. The smallest absolute Gasteiger partial charge is 0.165 e. The van der Waals surface area contributed by atoms with Gasteiger partial charge < -0.3 is 11.1 Å². The third-order valence-corrected chi connectivity index (χ3v) is 1.63. The van der Waals surface area contributed by atoms with E-state index in [1.165, 1.54) is 0 Å². The van der Waals surface area contributed by atoms with Crippen molar-refractivity contribution in [3.63, 3.8) is 0 Å². The van der Waals surface area contributed by atoms with Crippen molar-refractivity contribution in [3.05, 3.63) is 29.4 Å². The number of anilines is 2. The number of rotatable bonds is 3. The van der Waals surface area contributed by atoms with E-state index in [9.17, 15) is 0 Å². The molecule has 0 aliphatic carbocycles. The predicted molar refractivity (Wildman–Crippen MR) is 56.8 cm³/mol. The van der Waals surface area contributed by atoms with Crippen LogP contribution in [0.4, 0.5) is 11.5 Å².